The Morgan fingerprint density at radius 3 is 2.88 bits per heavy atom. The highest BCUT2D eigenvalue weighted by Gasteiger charge is 2.53. The van der Waals surface area contributed by atoms with Gasteiger partial charge in [-0.2, -0.15) is 5.10 Å². The number of thiazole rings is 1. The number of β-lactam (4-membered cyclic amide) rings is 1. The first-order valence-electron chi connectivity index (χ1n) is 12.2. The van der Waals surface area contributed by atoms with Crippen LogP contribution in [0, 0.1) is 0 Å². The first-order valence-corrected chi connectivity index (χ1v) is 14.1. The number of nitrogen functional groups attached to an aromatic ring is 2. The third-order valence-electron chi connectivity index (χ3n) is 6.34. The van der Waals surface area contributed by atoms with Gasteiger partial charge in [-0.25, -0.2) is 14.2 Å². The molecule has 0 aliphatic carbocycles. The number of oxime groups is 1. The van der Waals surface area contributed by atoms with Gasteiger partial charge >= 0.3 is 0 Å². The molecule has 1 saturated heterocycles. The van der Waals surface area contributed by atoms with E-state index in [0.29, 0.717) is 17.1 Å². The predicted molar refractivity (Wildman–Crippen MR) is 146 cm³/mol. The number of carbonyl (C=O) groups is 3. The molecule has 2 aliphatic rings. The maximum atomic E-state index is 13.1. The van der Waals surface area contributed by atoms with Gasteiger partial charge in [-0.1, -0.05) is 5.16 Å². The Morgan fingerprint density at radius 2 is 2.20 bits per heavy atom. The number of nitrogens with one attached hydrogen (secondary N) is 1. The third kappa shape index (κ3) is 5.46. The van der Waals surface area contributed by atoms with E-state index in [9.17, 15) is 24.6 Å². The minimum atomic E-state index is -1.49. The van der Waals surface area contributed by atoms with Crippen LogP contribution < -0.4 is 26.5 Å². The van der Waals surface area contributed by atoms with Crippen molar-refractivity contribution in [2.45, 2.75) is 24.5 Å². The van der Waals surface area contributed by atoms with Crippen LogP contribution in [0.4, 0.5) is 10.9 Å². The van der Waals surface area contributed by atoms with E-state index in [1.807, 2.05) is 6.07 Å². The molecular weight excluding hydrogens is 574 g/mol. The number of hydrogen-bond acceptors (Lipinski definition) is 13. The monoisotopic (exact) mass is 599 g/mol. The lowest BCUT2D eigenvalue weighted by atomic mass is 10.0. The highest BCUT2D eigenvalue weighted by atomic mass is 32.2. The van der Waals surface area contributed by atoms with E-state index >= 15 is 0 Å². The third-order valence-corrected chi connectivity index (χ3v) is 8.35. The van der Waals surface area contributed by atoms with Gasteiger partial charge in [0, 0.05) is 28.8 Å². The van der Waals surface area contributed by atoms with Crippen molar-refractivity contribution in [2.75, 3.05) is 30.9 Å². The molecule has 17 heteroatoms. The van der Waals surface area contributed by atoms with Crippen LogP contribution in [0.15, 0.2) is 52.4 Å². The number of carbonyl (C=O) groups excluding carboxylic acids is 3. The molecule has 2 aliphatic heterocycles. The van der Waals surface area contributed by atoms with Crippen molar-refractivity contribution in [3.8, 4) is 11.3 Å². The van der Waals surface area contributed by atoms with Crippen molar-refractivity contribution in [3.05, 3.63) is 52.9 Å². The zero-order chi connectivity index (χ0) is 29.3. The molecule has 0 bridgehead atoms. The molecule has 0 saturated carbocycles. The molecule has 5 heterocycles. The molecule has 0 spiro atoms. The van der Waals surface area contributed by atoms with E-state index in [-0.39, 0.29) is 47.7 Å². The standard InChI is InChI=1S/C24H25N9O6S2/c1-39-30-17(15-11-41-24(26)27-15)20(35)28-18-21(36)33-19(23(37)38)13(10-40-22(18)33)9-31-4-2-3-12(8-31)14-7-16(25)32(29-14)5-6-34/h2-4,7-8,11,18,22,34H,5-6,9-10H2,1H3,(H5-,25,26,27,28,29,35,37,38)/b30-17-/t18-,22-/m1/s1. The molecule has 41 heavy (non-hydrogen) atoms. The number of anilines is 2. The fourth-order valence-corrected chi connectivity index (χ4v) is 6.42. The summed E-state index contributed by atoms with van der Waals surface area (Å²) in [5.41, 5.74) is 13.2. The summed E-state index contributed by atoms with van der Waals surface area (Å²) in [6.45, 7) is 0.312. The summed E-state index contributed by atoms with van der Waals surface area (Å²) in [7, 11) is 1.27. The fourth-order valence-electron chi connectivity index (χ4n) is 4.53. The number of thioether (sulfide) groups is 1. The second kappa shape index (κ2) is 11.6. The van der Waals surface area contributed by atoms with Gasteiger partial charge in [0.1, 0.15) is 35.7 Å². The highest BCUT2D eigenvalue weighted by Crippen LogP contribution is 2.40. The van der Waals surface area contributed by atoms with Gasteiger partial charge in [0.15, 0.2) is 29.8 Å². The minimum absolute atomic E-state index is 0.110. The second-order valence-electron chi connectivity index (χ2n) is 8.96. The van der Waals surface area contributed by atoms with Gasteiger partial charge < -0.3 is 36.6 Å². The van der Waals surface area contributed by atoms with Crippen LogP contribution in [0.25, 0.3) is 11.3 Å². The molecule has 2 amide bonds. The number of fused-ring (bicyclic) bond motifs is 1. The van der Waals surface area contributed by atoms with Crippen LogP contribution in [0.3, 0.4) is 0 Å². The van der Waals surface area contributed by atoms with Crippen molar-refractivity contribution < 1.29 is 34.0 Å². The number of aliphatic hydroxyl groups excluding tert-OH is 1. The van der Waals surface area contributed by atoms with Crippen LogP contribution in [-0.2, 0) is 32.3 Å². The number of pyridine rings is 1. The zero-order valence-electron chi connectivity index (χ0n) is 21.6. The largest absolute Gasteiger partial charge is 0.543 e. The molecule has 6 N–H and O–H groups in total. The van der Waals surface area contributed by atoms with Crippen molar-refractivity contribution >= 4 is 57.5 Å². The van der Waals surface area contributed by atoms with Crippen LogP contribution in [-0.4, -0.2) is 79.2 Å². The first-order chi connectivity index (χ1) is 19.7. The van der Waals surface area contributed by atoms with Crippen LogP contribution in [0.2, 0.25) is 0 Å². The molecule has 15 nitrogen and oxygen atoms in total. The highest BCUT2D eigenvalue weighted by molar-refractivity contribution is 8.00. The summed E-state index contributed by atoms with van der Waals surface area (Å²) in [6, 6.07) is 4.30. The van der Waals surface area contributed by atoms with Crippen molar-refractivity contribution in [3.63, 3.8) is 0 Å². The summed E-state index contributed by atoms with van der Waals surface area (Å²) in [5, 5.41) is 33.2. The Kier molecular flexibility index (Phi) is 7.91. The van der Waals surface area contributed by atoms with Gasteiger partial charge in [0.25, 0.3) is 11.8 Å². The molecule has 0 aromatic carbocycles. The lowest BCUT2D eigenvalue weighted by Crippen LogP contribution is -2.71. The van der Waals surface area contributed by atoms with Crippen LogP contribution in [0.1, 0.15) is 5.69 Å². The molecule has 214 valence electrons. The lowest BCUT2D eigenvalue weighted by molar-refractivity contribution is -0.688. The van der Waals surface area contributed by atoms with E-state index < -0.39 is 29.2 Å². The van der Waals surface area contributed by atoms with E-state index in [1.54, 1.807) is 29.1 Å². The number of aromatic nitrogens is 4. The van der Waals surface area contributed by atoms with Gasteiger partial charge in [0.05, 0.1) is 30.4 Å². The Labute approximate surface area is 241 Å². The first kappa shape index (κ1) is 28.1. The smallest absolute Gasteiger partial charge is 0.276 e. The minimum Gasteiger partial charge on any atom is -0.543 e. The number of aliphatic carboxylic acids is 1. The van der Waals surface area contributed by atoms with Crippen molar-refractivity contribution in [1.29, 1.82) is 0 Å². The fraction of sp³-hybridized carbons (Fsp3) is 0.292. The number of aliphatic hydroxyl groups is 1. The number of nitrogens with zero attached hydrogens (tertiary/aromatic N) is 6. The van der Waals surface area contributed by atoms with Gasteiger partial charge in [-0.15, -0.1) is 23.1 Å². The number of rotatable bonds is 10. The van der Waals surface area contributed by atoms with Gasteiger partial charge in [-0.05, 0) is 6.07 Å². The van der Waals surface area contributed by atoms with Gasteiger partial charge in [-0.3, -0.25) is 14.5 Å². The number of nitrogens with two attached hydrogens (primary N) is 2. The molecule has 1 fully saturated rings. The summed E-state index contributed by atoms with van der Waals surface area (Å²) < 4.78 is 3.26. The summed E-state index contributed by atoms with van der Waals surface area (Å²) in [4.78, 5) is 48.2. The molecule has 0 unspecified atom stereocenters. The normalized spacial score (nSPS) is 18.6. The Hall–Kier alpha value is -4.48. The Bertz CT molecular complexity index is 1580. The van der Waals surface area contributed by atoms with E-state index in [4.69, 9.17) is 16.3 Å². The van der Waals surface area contributed by atoms with Gasteiger partial charge in [0.2, 0.25) is 0 Å². The Morgan fingerprint density at radius 1 is 1.39 bits per heavy atom. The van der Waals surface area contributed by atoms with E-state index in [1.165, 1.54) is 28.9 Å². The zero-order valence-corrected chi connectivity index (χ0v) is 23.2. The molecule has 2 atom stereocenters. The number of amides is 2. The molecular formula is C24H25N9O6S2. The van der Waals surface area contributed by atoms with Crippen LogP contribution in [0.5, 0.6) is 0 Å². The van der Waals surface area contributed by atoms with Crippen LogP contribution >= 0.6 is 23.1 Å². The quantitative estimate of drug-likeness (QED) is 0.0856. The molecule has 3 aromatic heterocycles. The second-order valence-corrected chi connectivity index (χ2v) is 11.0. The number of carboxylic acid groups (broad SMARTS) is 1. The lowest BCUT2D eigenvalue weighted by Gasteiger charge is -2.50. The molecule has 3 aromatic rings. The Balaban J connectivity index is 1.34. The number of hydrogen-bond donors (Lipinski definition) is 4. The average Bonchev–Trinajstić information content (AvgIpc) is 3.55. The van der Waals surface area contributed by atoms with Crippen molar-refractivity contribution in [1.82, 2.24) is 25.0 Å². The summed E-state index contributed by atoms with van der Waals surface area (Å²) in [6.07, 6.45) is 3.54. The average molecular weight is 600 g/mol. The predicted octanol–water partition coefficient (Wildman–Crippen LogP) is -2.09. The van der Waals surface area contributed by atoms with E-state index in [0.717, 1.165) is 21.8 Å². The van der Waals surface area contributed by atoms with E-state index in [2.05, 4.69) is 20.6 Å². The SMILES string of the molecule is CO/N=C(\C(=O)N[C@@H]1C(=O)N2C(C(=O)[O-])=C(C[n+]3cccc(-c4cc(N)n(CCO)n4)c3)CS[C@H]12)c1csc(N)n1. The molecule has 0 radical (unpaired) electrons. The number of carboxylic acids is 1. The topological polar surface area (TPSA) is 218 Å². The maximum Gasteiger partial charge on any atom is 0.276 e. The summed E-state index contributed by atoms with van der Waals surface area (Å²) >= 11 is 2.43. The summed E-state index contributed by atoms with van der Waals surface area (Å²) in [5.74, 6) is -2.12. The maximum absolute atomic E-state index is 13.1. The van der Waals surface area contributed by atoms with Crippen molar-refractivity contribution in [2.24, 2.45) is 5.16 Å². The molecule has 5 rings (SSSR count).